The number of hydrogen-bond donors (Lipinski definition) is 1. The third-order valence-electron chi connectivity index (χ3n) is 5.21. The molecule has 3 nitrogen and oxygen atoms in total. The van der Waals surface area contributed by atoms with Gasteiger partial charge in [-0.3, -0.25) is 4.68 Å². The number of nitrogens with zero attached hydrogens (tertiary/aromatic N) is 2. The van der Waals surface area contributed by atoms with Gasteiger partial charge in [0.2, 0.25) is 0 Å². The van der Waals surface area contributed by atoms with Crippen LogP contribution >= 0.6 is 0 Å². The fraction of sp³-hybridized carbons (Fsp3) is 0.464. The molecule has 1 aromatic rings. The molecular formula is C28H36F6N2O. The molecule has 2 rings (SSSR count). The van der Waals surface area contributed by atoms with Crippen LogP contribution in [-0.2, 0) is 13.0 Å². The van der Waals surface area contributed by atoms with Crippen LogP contribution < -0.4 is 0 Å². The van der Waals surface area contributed by atoms with Crippen LogP contribution in [0.2, 0.25) is 0 Å². The Hall–Kier alpha value is -2.97. The Kier molecular flexibility index (Phi) is 13.3. The molecule has 1 N–H and O–H groups in total. The number of hydrogen-bond acceptors (Lipinski definition) is 2. The van der Waals surface area contributed by atoms with Gasteiger partial charge in [-0.15, -0.1) is 0 Å². The zero-order chi connectivity index (χ0) is 28.1. The van der Waals surface area contributed by atoms with Crippen molar-refractivity contribution < 1.29 is 31.4 Å². The Morgan fingerprint density at radius 3 is 2.22 bits per heavy atom. The average molecular weight is 531 g/mol. The monoisotopic (exact) mass is 530 g/mol. The first kappa shape index (κ1) is 32.1. The van der Waals surface area contributed by atoms with Crippen molar-refractivity contribution in [2.45, 2.75) is 85.1 Å². The van der Waals surface area contributed by atoms with Crippen molar-refractivity contribution in [1.82, 2.24) is 9.78 Å². The summed E-state index contributed by atoms with van der Waals surface area (Å²) in [4.78, 5) is 0. The number of aliphatic hydroxyl groups is 1. The third kappa shape index (κ3) is 11.7. The molecule has 0 aromatic carbocycles. The number of fused-ring (bicyclic) bond motifs is 1. The lowest BCUT2D eigenvalue weighted by Crippen LogP contribution is -2.11. The van der Waals surface area contributed by atoms with E-state index in [4.69, 9.17) is 5.11 Å². The highest BCUT2D eigenvalue weighted by Gasteiger charge is 2.32. The van der Waals surface area contributed by atoms with Crippen LogP contribution in [0.15, 0.2) is 71.6 Å². The SMILES string of the molecule is CCC/C=C(/C=C\C=C(/C)O)C(F)(F)F.C\C=C/C(=C\C(=C\CC)C(F)(F)F)c1cc2n(n1)CCCC2. The van der Waals surface area contributed by atoms with Gasteiger partial charge in [0.05, 0.1) is 22.6 Å². The Labute approximate surface area is 215 Å². The summed E-state index contributed by atoms with van der Waals surface area (Å²) >= 11 is 0. The van der Waals surface area contributed by atoms with Gasteiger partial charge in [-0.1, -0.05) is 56.7 Å². The van der Waals surface area contributed by atoms with Crippen LogP contribution in [0, 0.1) is 0 Å². The highest BCUT2D eigenvalue weighted by atomic mass is 19.4. The van der Waals surface area contributed by atoms with Crippen LogP contribution in [0.3, 0.4) is 0 Å². The van der Waals surface area contributed by atoms with Gasteiger partial charge >= 0.3 is 12.4 Å². The number of unbranched alkanes of at least 4 members (excludes halogenated alkanes) is 1. The number of aromatic nitrogens is 2. The highest BCUT2D eigenvalue weighted by Crippen LogP contribution is 2.31. The molecule has 0 spiro atoms. The third-order valence-corrected chi connectivity index (χ3v) is 5.21. The number of rotatable bonds is 8. The zero-order valence-electron chi connectivity index (χ0n) is 21.8. The van der Waals surface area contributed by atoms with Crippen LogP contribution in [0.1, 0.15) is 71.2 Å². The Morgan fingerprint density at radius 2 is 1.70 bits per heavy atom. The van der Waals surface area contributed by atoms with E-state index < -0.39 is 23.5 Å². The molecule has 9 heteroatoms. The van der Waals surface area contributed by atoms with Gasteiger partial charge in [-0.25, -0.2) is 0 Å². The lowest BCUT2D eigenvalue weighted by Gasteiger charge is -2.11. The van der Waals surface area contributed by atoms with E-state index in [-0.39, 0.29) is 5.76 Å². The zero-order valence-corrected chi connectivity index (χ0v) is 21.8. The predicted molar refractivity (Wildman–Crippen MR) is 137 cm³/mol. The highest BCUT2D eigenvalue weighted by molar-refractivity contribution is 5.74. The van der Waals surface area contributed by atoms with Gasteiger partial charge in [0, 0.05) is 17.8 Å². The van der Waals surface area contributed by atoms with Gasteiger partial charge in [0.1, 0.15) is 0 Å². The summed E-state index contributed by atoms with van der Waals surface area (Å²) in [7, 11) is 0. The Bertz CT molecular complexity index is 1010. The first-order valence-corrected chi connectivity index (χ1v) is 12.3. The molecule has 2 heterocycles. The van der Waals surface area contributed by atoms with E-state index in [1.165, 1.54) is 31.2 Å². The number of aliphatic hydroxyl groups excluding tert-OH is 1. The summed E-state index contributed by atoms with van der Waals surface area (Å²) in [5.74, 6) is -0.0248. The van der Waals surface area contributed by atoms with E-state index >= 15 is 0 Å². The number of allylic oxidation sites excluding steroid dienone is 12. The molecule has 1 aliphatic heterocycles. The summed E-state index contributed by atoms with van der Waals surface area (Å²) in [5.41, 5.74) is 0.920. The fourth-order valence-corrected chi connectivity index (χ4v) is 3.46. The standard InChI is InChI=1S/C17H21F3N2.C11H15F3O/c1-3-7-13(11-14(8-4-2)17(18,19)20)16-12-15-9-5-6-10-22(15)21-16;1-3-4-7-10(11(12,13)14)8-5-6-9(2)15/h3,7-8,11-12H,4-6,9-10H2,1-2H3;5-8,15H,3-4H2,1-2H3/b7-3-,13-11+,14-8-;8-5-,9-6+,10-7-. The second-order valence-electron chi connectivity index (χ2n) is 8.48. The maximum absolute atomic E-state index is 13.1. The first-order valence-electron chi connectivity index (χ1n) is 12.3. The Balaban J connectivity index is 0.000000401. The van der Waals surface area contributed by atoms with E-state index in [9.17, 15) is 26.3 Å². The molecule has 0 atom stereocenters. The van der Waals surface area contributed by atoms with Crippen LogP contribution in [0.25, 0.3) is 5.57 Å². The molecule has 206 valence electrons. The van der Waals surface area contributed by atoms with E-state index in [2.05, 4.69) is 5.10 Å². The molecule has 1 aromatic heterocycles. The minimum Gasteiger partial charge on any atom is -0.513 e. The van der Waals surface area contributed by atoms with Gasteiger partial charge < -0.3 is 5.11 Å². The molecule has 0 radical (unpaired) electrons. The van der Waals surface area contributed by atoms with E-state index in [0.29, 0.717) is 30.5 Å². The molecule has 0 saturated carbocycles. The number of halogens is 6. The summed E-state index contributed by atoms with van der Waals surface area (Å²) in [6.45, 7) is 7.54. The van der Waals surface area contributed by atoms with Gasteiger partial charge in [-0.05, 0) is 64.2 Å². The molecule has 0 fully saturated rings. The lowest BCUT2D eigenvalue weighted by atomic mass is 10.0. The maximum Gasteiger partial charge on any atom is 0.416 e. The molecule has 0 bridgehead atoms. The molecule has 0 unspecified atom stereocenters. The molecule has 1 aliphatic rings. The summed E-state index contributed by atoms with van der Waals surface area (Å²) in [6.07, 6.45) is 6.17. The van der Waals surface area contributed by atoms with Gasteiger partial charge in [-0.2, -0.15) is 31.4 Å². The maximum atomic E-state index is 13.1. The van der Waals surface area contributed by atoms with E-state index in [0.717, 1.165) is 43.7 Å². The van der Waals surface area contributed by atoms with Crippen molar-refractivity contribution in [3.63, 3.8) is 0 Å². The normalized spacial score (nSPS) is 16.3. The minimum atomic E-state index is -4.35. The van der Waals surface area contributed by atoms with E-state index in [1.807, 2.05) is 17.7 Å². The average Bonchev–Trinajstić information content (AvgIpc) is 3.23. The number of aryl methyl sites for hydroxylation is 2. The smallest absolute Gasteiger partial charge is 0.416 e. The fourth-order valence-electron chi connectivity index (χ4n) is 3.46. The predicted octanol–water partition coefficient (Wildman–Crippen LogP) is 9.37. The topological polar surface area (TPSA) is 38.0 Å². The molecule has 0 amide bonds. The summed E-state index contributed by atoms with van der Waals surface area (Å²) in [6, 6.07) is 1.91. The molecule has 0 saturated heterocycles. The van der Waals surface area contributed by atoms with E-state index in [1.54, 1.807) is 26.0 Å². The summed E-state index contributed by atoms with van der Waals surface area (Å²) in [5, 5.41) is 13.2. The lowest BCUT2D eigenvalue weighted by molar-refractivity contribution is -0.0892. The first-order chi connectivity index (χ1) is 17.3. The van der Waals surface area contributed by atoms with Crippen molar-refractivity contribution >= 4 is 5.57 Å². The number of alkyl halides is 6. The molecule has 37 heavy (non-hydrogen) atoms. The van der Waals surface area contributed by atoms with Crippen molar-refractivity contribution in [3.8, 4) is 0 Å². The minimum absolute atomic E-state index is 0.0248. The molecule has 0 aliphatic carbocycles. The van der Waals surface area contributed by atoms with Crippen LogP contribution in [-0.4, -0.2) is 27.2 Å². The Morgan fingerprint density at radius 1 is 1.03 bits per heavy atom. The quantitative estimate of drug-likeness (QED) is 0.207. The second-order valence-corrected chi connectivity index (χ2v) is 8.48. The van der Waals surface area contributed by atoms with Gasteiger partial charge in [0.15, 0.2) is 0 Å². The van der Waals surface area contributed by atoms with Crippen molar-refractivity contribution in [1.29, 1.82) is 0 Å². The molecular weight excluding hydrogens is 494 g/mol. The summed E-state index contributed by atoms with van der Waals surface area (Å²) < 4.78 is 78.3. The van der Waals surface area contributed by atoms with Crippen LogP contribution in [0.5, 0.6) is 0 Å². The van der Waals surface area contributed by atoms with Crippen LogP contribution in [0.4, 0.5) is 26.3 Å². The van der Waals surface area contributed by atoms with Crippen molar-refractivity contribution in [2.75, 3.05) is 0 Å². The van der Waals surface area contributed by atoms with Crippen molar-refractivity contribution in [2.24, 2.45) is 0 Å². The van der Waals surface area contributed by atoms with Crippen molar-refractivity contribution in [3.05, 3.63) is 83.0 Å². The second kappa shape index (κ2) is 15.3. The largest absolute Gasteiger partial charge is 0.513 e. The van der Waals surface area contributed by atoms with Gasteiger partial charge in [0.25, 0.3) is 0 Å².